The van der Waals surface area contributed by atoms with E-state index in [9.17, 15) is 13.6 Å². The van der Waals surface area contributed by atoms with Gasteiger partial charge in [0.15, 0.2) is 0 Å². The van der Waals surface area contributed by atoms with Crippen LogP contribution in [0, 0.1) is 0 Å². The fourth-order valence-corrected chi connectivity index (χ4v) is 1.63. The number of benzene rings is 1. The number of aliphatic hydroxyl groups excluding tert-OH is 1. The molecule has 0 saturated heterocycles. The average Bonchev–Trinajstić information content (AvgIpc) is 2.94. The summed E-state index contributed by atoms with van der Waals surface area (Å²) in [7, 11) is 0. The van der Waals surface area contributed by atoms with Crippen LogP contribution < -0.4 is 5.32 Å². The van der Waals surface area contributed by atoms with Crippen molar-refractivity contribution >= 4 is 5.91 Å². The first-order valence-electron chi connectivity index (χ1n) is 5.92. The number of alkyl halides is 2. The molecule has 20 heavy (non-hydrogen) atoms. The maximum absolute atomic E-state index is 12.1. The number of carbonyl (C=O) groups is 1. The van der Waals surface area contributed by atoms with Gasteiger partial charge in [-0.05, 0) is 12.1 Å². The van der Waals surface area contributed by atoms with E-state index in [1.165, 1.54) is 17.1 Å². The Balaban J connectivity index is 2.10. The fraction of sp³-hybridized carbons (Fsp3) is 0.231. The largest absolute Gasteiger partial charge is 0.385 e. The summed E-state index contributed by atoms with van der Waals surface area (Å²) in [5.74, 6) is -0.578. The molecule has 0 aliphatic heterocycles. The van der Waals surface area contributed by atoms with Gasteiger partial charge in [-0.25, -0.2) is 13.8 Å². The summed E-state index contributed by atoms with van der Waals surface area (Å²) >= 11 is 0. The Morgan fingerprint density at radius 1 is 1.35 bits per heavy atom. The Hall–Kier alpha value is -2.28. The van der Waals surface area contributed by atoms with Crippen LogP contribution in [0.3, 0.4) is 0 Å². The van der Waals surface area contributed by atoms with E-state index in [0.29, 0.717) is 0 Å². The van der Waals surface area contributed by atoms with Crippen molar-refractivity contribution in [1.29, 1.82) is 0 Å². The molecular weight excluding hydrogens is 268 g/mol. The van der Waals surface area contributed by atoms with Gasteiger partial charge >= 0.3 is 0 Å². The molecule has 1 atom stereocenters. The number of aromatic nitrogens is 2. The third-order valence-electron chi connectivity index (χ3n) is 2.67. The maximum Gasteiger partial charge on any atom is 0.270 e. The highest BCUT2D eigenvalue weighted by Gasteiger charge is 2.19. The summed E-state index contributed by atoms with van der Waals surface area (Å²) in [5, 5.41) is 11.2. The van der Waals surface area contributed by atoms with Crippen LogP contribution in [0.4, 0.5) is 8.78 Å². The predicted octanol–water partition coefficient (Wildman–Crippen LogP) is 1.23. The summed E-state index contributed by atoms with van der Waals surface area (Å²) in [6.45, 7) is -0.517. The van der Waals surface area contributed by atoms with E-state index in [4.69, 9.17) is 5.11 Å². The van der Waals surface area contributed by atoms with Gasteiger partial charge in [-0.15, -0.1) is 0 Å². The molecule has 1 heterocycles. The molecule has 2 N–H and O–H groups in total. The second-order valence-electron chi connectivity index (χ2n) is 4.10. The summed E-state index contributed by atoms with van der Waals surface area (Å²) in [6, 6.07) is 9.01. The van der Waals surface area contributed by atoms with Crippen molar-refractivity contribution in [1.82, 2.24) is 14.9 Å². The predicted molar refractivity (Wildman–Crippen MR) is 67.9 cm³/mol. The van der Waals surface area contributed by atoms with E-state index in [0.717, 1.165) is 5.69 Å². The van der Waals surface area contributed by atoms with Crippen LogP contribution in [-0.4, -0.2) is 39.6 Å². The SMILES string of the molecule is O=C(NCC(O)C(F)F)c1cncn1-c1ccccc1. The lowest BCUT2D eigenvalue weighted by Crippen LogP contribution is -2.36. The van der Waals surface area contributed by atoms with Crippen LogP contribution in [-0.2, 0) is 0 Å². The first-order chi connectivity index (χ1) is 9.59. The number of aliphatic hydroxyl groups is 1. The van der Waals surface area contributed by atoms with Crippen LogP contribution in [0.2, 0.25) is 0 Å². The minimum Gasteiger partial charge on any atom is -0.385 e. The third-order valence-corrected chi connectivity index (χ3v) is 2.67. The van der Waals surface area contributed by atoms with Crippen molar-refractivity contribution < 1.29 is 18.7 Å². The summed E-state index contributed by atoms with van der Waals surface area (Å²) in [4.78, 5) is 15.8. The molecule has 0 radical (unpaired) electrons. The summed E-state index contributed by atoms with van der Waals surface area (Å²) < 4.78 is 25.8. The van der Waals surface area contributed by atoms with Crippen LogP contribution in [0.1, 0.15) is 10.5 Å². The molecule has 1 aromatic carbocycles. The normalized spacial score (nSPS) is 12.4. The number of para-hydroxylation sites is 1. The number of hydrogen-bond acceptors (Lipinski definition) is 3. The number of rotatable bonds is 5. The molecule has 7 heteroatoms. The van der Waals surface area contributed by atoms with Gasteiger partial charge in [0, 0.05) is 12.2 Å². The standard InChI is InChI=1S/C13H13F2N3O2/c14-12(15)11(19)7-17-13(20)10-6-16-8-18(10)9-4-2-1-3-5-9/h1-6,8,11-12,19H,7H2,(H,17,20). The van der Waals surface area contributed by atoms with E-state index >= 15 is 0 Å². The van der Waals surface area contributed by atoms with Crippen molar-refractivity contribution in [3.63, 3.8) is 0 Å². The van der Waals surface area contributed by atoms with Gasteiger partial charge in [0.25, 0.3) is 12.3 Å². The first-order valence-corrected chi connectivity index (χ1v) is 5.92. The minimum atomic E-state index is -2.89. The van der Waals surface area contributed by atoms with Gasteiger partial charge in [0.05, 0.1) is 12.5 Å². The minimum absolute atomic E-state index is 0.206. The zero-order chi connectivity index (χ0) is 14.5. The molecule has 2 aromatic rings. The zero-order valence-electron chi connectivity index (χ0n) is 10.4. The molecule has 1 amide bonds. The zero-order valence-corrected chi connectivity index (χ0v) is 10.4. The number of hydrogen-bond donors (Lipinski definition) is 2. The topological polar surface area (TPSA) is 67.2 Å². The van der Waals surface area contributed by atoms with Gasteiger partial charge in [0.2, 0.25) is 0 Å². The second kappa shape index (κ2) is 6.25. The molecule has 2 rings (SSSR count). The molecule has 0 spiro atoms. The lowest BCUT2D eigenvalue weighted by atomic mass is 10.3. The number of nitrogens with one attached hydrogen (secondary N) is 1. The van der Waals surface area contributed by atoms with Crippen LogP contribution >= 0.6 is 0 Å². The second-order valence-corrected chi connectivity index (χ2v) is 4.10. The average molecular weight is 281 g/mol. The molecule has 0 aliphatic rings. The number of amides is 1. The van der Waals surface area contributed by atoms with Crippen LogP contribution in [0.15, 0.2) is 42.9 Å². The lowest BCUT2D eigenvalue weighted by Gasteiger charge is -2.12. The smallest absolute Gasteiger partial charge is 0.270 e. The molecule has 1 aromatic heterocycles. The van der Waals surface area contributed by atoms with Crippen molar-refractivity contribution in [3.05, 3.63) is 48.5 Å². The van der Waals surface area contributed by atoms with Gasteiger partial charge in [-0.3, -0.25) is 9.36 Å². The Morgan fingerprint density at radius 3 is 2.70 bits per heavy atom. The van der Waals surface area contributed by atoms with Crippen LogP contribution in [0.25, 0.3) is 5.69 Å². The summed E-state index contributed by atoms with van der Waals surface area (Å²) in [5.41, 5.74) is 0.933. The van der Waals surface area contributed by atoms with Gasteiger partial charge in [-0.1, -0.05) is 18.2 Å². The first kappa shape index (κ1) is 14.1. The third kappa shape index (κ3) is 3.18. The van der Waals surface area contributed by atoms with Gasteiger partial charge < -0.3 is 10.4 Å². The van der Waals surface area contributed by atoms with Crippen LogP contribution in [0.5, 0.6) is 0 Å². The highest BCUT2D eigenvalue weighted by atomic mass is 19.3. The Bertz CT molecular complexity index is 572. The van der Waals surface area contributed by atoms with Crippen molar-refractivity contribution in [2.75, 3.05) is 6.54 Å². The van der Waals surface area contributed by atoms with Crippen molar-refractivity contribution in [3.8, 4) is 5.69 Å². The Kier molecular flexibility index (Phi) is 4.41. The molecule has 0 saturated carbocycles. The Morgan fingerprint density at radius 2 is 2.05 bits per heavy atom. The molecule has 1 unspecified atom stereocenters. The van der Waals surface area contributed by atoms with E-state index < -0.39 is 25.0 Å². The van der Waals surface area contributed by atoms with Crippen molar-refractivity contribution in [2.45, 2.75) is 12.5 Å². The monoisotopic (exact) mass is 281 g/mol. The number of carbonyl (C=O) groups excluding carboxylic acids is 1. The molecule has 0 aliphatic carbocycles. The maximum atomic E-state index is 12.1. The highest BCUT2D eigenvalue weighted by Crippen LogP contribution is 2.10. The quantitative estimate of drug-likeness (QED) is 0.866. The molecule has 0 fully saturated rings. The molecular formula is C13H13F2N3O2. The molecule has 0 bridgehead atoms. The highest BCUT2D eigenvalue weighted by molar-refractivity contribution is 5.93. The summed E-state index contributed by atoms with van der Waals surface area (Å²) in [6.07, 6.45) is -1.99. The van der Waals surface area contributed by atoms with E-state index in [-0.39, 0.29) is 5.69 Å². The van der Waals surface area contributed by atoms with Crippen molar-refractivity contribution in [2.24, 2.45) is 0 Å². The molecule has 5 nitrogen and oxygen atoms in total. The van der Waals surface area contributed by atoms with Gasteiger partial charge in [-0.2, -0.15) is 0 Å². The van der Waals surface area contributed by atoms with E-state index in [1.807, 2.05) is 6.07 Å². The lowest BCUT2D eigenvalue weighted by molar-refractivity contribution is -0.00273. The fourth-order valence-electron chi connectivity index (χ4n) is 1.63. The van der Waals surface area contributed by atoms with Gasteiger partial charge in [0.1, 0.15) is 11.8 Å². The number of imidazole rings is 1. The number of halogens is 2. The molecule has 106 valence electrons. The Labute approximate surface area is 113 Å². The van der Waals surface area contributed by atoms with E-state index in [2.05, 4.69) is 10.3 Å². The number of nitrogens with zero attached hydrogens (tertiary/aromatic N) is 2. The van der Waals surface area contributed by atoms with E-state index in [1.54, 1.807) is 24.3 Å².